The highest BCUT2D eigenvalue weighted by molar-refractivity contribution is 6.04. The lowest BCUT2D eigenvalue weighted by atomic mass is 9.99. The second kappa shape index (κ2) is 10.7. The van der Waals surface area contributed by atoms with Gasteiger partial charge in [0.15, 0.2) is 17.4 Å². The van der Waals surface area contributed by atoms with Crippen molar-refractivity contribution in [1.29, 1.82) is 0 Å². The number of anilines is 3. The molecule has 2 aromatic heterocycles. The molecule has 42 heavy (non-hydrogen) atoms. The topological polar surface area (TPSA) is 115 Å². The molecular weight excluding hydrogens is 555 g/mol. The standard InChI is InChI=1S/C28H30F3N7O4/c1-16-22-24(35-23(33-16)17-6-4-7-18(12-17)28(29,30)31)38(19-8-5-11-37(22)13-19)26(39)36-25-32-10-9-21(34-25)40-14-20-15-41-27(2,3)42-20/h4,6-7,9-10,12,19-20H,5,8,11,13-15H2,1-3H3,(H,32,34,36,39)/t19-,20-/m0/s1. The fourth-order valence-corrected chi connectivity index (χ4v) is 5.52. The highest BCUT2D eigenvalue weighted by Gasteiger charge is 2.40. The fraction of sp³-hybridized carbons (Fsp3) is 0.464. The molecular formula is C28H30F3N7O4. The molecule has 222 valence electrons. The number of nitrogens with one attached hydrogen (secondary N) is 1. The van der Waals surface area contributed by atoms with Crippen LogP contribution in [0, 0.1) is 6.92 Å². The van der Waals surface area contributed by atoms with E-state index in [1.165, 1.54) is 18.3 Å². The number of rotatable bonds is 5. The van der Waals surface area contributed by atoms with E-state index in [1.807, 2.05) is 13.8 Å². The Morgan fingerprint density at radius 1 is 1.21 bits per heavy atom. The smallest absolute Gasteiger partial charge is 0.416 e. The quantitative estimate of drug-likeness (QED) is 0.450. The SMILES string of the molecule is Cc1nc(-c2cccc(C(F)(F)F)c2)nc2c1N1CCC[C@@H](C1)N2C(=O)Nc1nccc(OC[C@H]2COC(C)(C)O2)n1. The first-order chi connectivity index (χ1) is 20.0. The number of nitrogens with zero attached hydrogens (tertiary/aromatic N) is 6. The minimum atomic E-state index is -4.51. The Balaban J connectivity index is 1.27. The number of hydrogen-bond acceptors (Lipinski definition) is 9. The van der Waals surface area contributed by atoms with E-state index in [0.717, 1.165) is 31.5 Å². The number of carbonyl (C=O) groups excluding carboxylic acids is 1. The van der Waals surface area contributed by atoms with Gasteiger partial charge in [-0.3, -0.25) is 10.2 Å². The third-order valence-electron chi connectivity index (χ3n) is 7.35. The number of urea groups is 1. The van der Waals surface area contributed by atoms with Crippen LogP contribution in [0.4, 0.5) is 35.4 Å². The van der Waals surface area contributed by atoms with E-state index in [4.69, 9.17) is 14.2 Å². The molecule has 2 fully saturated rings. The molecule has 3 aliphatic rings. The molecule has 11 nitrogen and oxygen atoms in total. The highest BCUT2D eigenvalue weighted by Crippen LogP contribution is 2.41. The van der Waals surface area contributed by atoms with Crippen molar-refractivity contribution in [2.24, 2.45) is 0 Å². The Labute approximate surface area is 240 Å². The summed E-state index contributed by atoms with van der Waals surface area (Å²) in [4.78, 5) is 35.1. The molecule has 2 atom stereocenters. The van der Waals surface area contributed by atoms with Crippen LogP contribution >= 0.6 is 0 Å². The van der Waals surface area contributed by atoms with Crippen molar-refractivity contribution in [2.45, 2.75) is 57.7 Å². The Bertz CT molecular complexity index is 1500. The molecule has 0 spiro atoms. The van der Waals surface area contributed by atoms with Crippen LogP contribution in [0.25, 0.3) is 11.4 Å². The van der Waals surface area contributed by atoms with Gasteiger partial charge in [-0.2, -0.15) is 18.2 Å². The maximum Gasteiger partial charge on any atom is 0.416 e. The van der Waals surface area contributed by atoms with E-state index in [0.29, 0.717) is 30.4 Å². The zero-order valence-corrected chi connectivity index (χ0v) is 23.3. The zero-order chi connectivity index (χ0) is 29.6. The average molecular weight is 586 g/mol. The number of amides is 2. The average Bonchev–Trinajstić information content (AvgIpc) is 3.30. The summed E-state index contributed by atoms with van der Waals surface area (Å²) in [7, 11) is 0. The van der Waals surface area contributed by atoms with Crippen LogP contribution in [0.15, 0.2) is 36.5 Å². The van der Waals surface area contributed by atoms with Gasteiger partial charge >= 0.3 is 12.2 Å². The largest absolute Gasteiger partial charge is 0.475 e. The van der Waals surface area contributed by atoms with E-state index in [-0.39, 0.29) is 42.0 Å². The molecule has 2 saturated heterocycles. The fourth-order valence-electron chi connectivity index (χ4n) is 5.52. The first-order valence-electron chi connectivity index (χ1n) is 13.7. The van der Waals surface area contributed by atoms with Crippen LogP contribution in [0.1, 0.15) is 37.9 Å². The predicted molar refractivity (Wildman–Crippen MR) is 146 cm³/mol. The van der Waals surface area contributed by atoms with Gasteiger partial charge in [0, 0.05) is 30.9 Å². The van der Waals surface area contributed by atoms with Crippen LogP contribution in [0.5, 0.6) is 5.88 Å². The van der Waals surface area contributed by atoms with Crippen molar-refractivity contribution >= 4 is 23.5 Å². The maximum atomic E-state index is 13.8. The number of benzene rings is 1. The summed E-state index contributed by atoms with van der Waals surface area (Å²) >= 11 is 0. The van der Waals surface area contributed by atoms with Gasteiger partial charge < -0.3 is 19.1 Å². The van der Waals surface area contributed by atoms with Crippen molar-refractivity contribution in [3.8, 4) is 17.3 Å². The van der Waals surface area contributed by atoms with Gasteiger partial charge in [0.1, 0.15) is 18.4 Å². The summed E-state index contributed by atoms with van der Waals surface area (Å²) in [5, 5.41) is 2.75. The van der Waals surface area contributed by atoms with Crippen molar-refractivity contribution in [3.63, 3.8) is 0 Å². The molecule has 14 heteroatoms. The van der Waals surface area contributed by atoms with Gasteiger partial charge in [-0.25, -0.2) is 19.7 Å². The molecule has 5 heterocycles. The van der Waals surface area contributed by atoms with Gasteiger partial charge in [0.05, 0.1) is 23.9 Å². The normalized spacial score (nSPS) is 21.2. The van der Waals surface area contributed by atoms with E-state index in [2.05, 4.69) is 30.2 Å². The molecule has 0 radical (unpaired) electrons. The van der Waals surface area contributed by atoms with E-state index in [1.54, 1.807) is 17.9 Å². The van der Waals surface area contributed by atoms with Crippen molar-refractivity contribution in [2.75, 3.05) is 41.4 Å². The van der Waals surface area contributed by atoms with Gasteiger partial charge in [-0.1, -0.05) is 12.1 Å². The molecule has 1 aromatic carbocycles. The maximum absolute atomic E-state index is 13.8. The number of alkyl halides is 3. The molecule has 3 aromatic rings. The molecule has 0 aliphatic carbocycles. The Kier molecular flexibility index (Phi) is 7.13. The van der Waals surface area contributed by atoms with Gasteiger partial charge in [-0.05, 0) is 45.7 Å². The second-order valence-corrected chi connectivity index (χ2v) is 10.9. The van der Waals surface area contributed by atoms with E-state index >= 15 is 0 Å². The summed E-state index contributed by atoms with van der Waals surface area (Å²) in [6.45, 7) is 7.36. The predicted octanol–water partition coefficient (Wildman–Crippen LogP) is 4.81. The third-order valence-corrected chi connectivity index (χ3v) is 7.35. The molecule has 6 rings (SSSR count). The van der Waals surface area contributed by atoms with Crippen LogP contribution < -0.4 is 19.9 Å². The number of hydrogen-bond donors (Lipinski definition) is 1. The first kappa shape index (κ1) is 28.1. The molecule has 2 amide bonds. The van der Waals surface area contributed by atoms with Crippen LogP contribution in [0.3, 0.4) is 0 Å². The summed E-state index contributed by atoms with van der Waals surface area (Å²) in [6, 6.07) is 5.70. The lowest BCUT2D eigenvalue weighted by molar-refractivity contribution is -0.141. The molecule has 2 bridgehead atoms. The lowest BCUT2D eigenvalue weighted by Gasteiger charge is -2.46. The zero-order valence-electron chi connectivity index (χ0n) is 23.3. The number of aromatic nitrogens is 4. The molecule has 1 N–H and O–H groups in total. The van der Waals surface area contributed by atoms with Gasteiger partial charge in [0.25, 0.3) is 0 Å². The second-order valence-electron chi connectivity index (χ2n) is 10.9. The number of aryl methyl sites for hydroxylation is 1. The van der Waals surface area contributed by atoms with Crippen LogP contribution in [0.2, 0.25) is 0 Å². The number of carbonyl (C=O) groups is 1. The first-order valence-corrected chi connectivity index (χ1v) is 13.7. The van der Waals surface area contributed by atoms with Crippen LogP contribution in [-0.2, 0) is 15.7 Å². The van der Waals surface area contributed by atoms with Gasteiger partial charge in [0.2, 0.25) is 11.8 Å². The van der Waals surface area contributed by atoms with Crippen molar-refractivity contribution in [3.05, 3.63) is 47.8 Å². The Morgan fingerprint density at radius 3 is 2.81 bits per heavy atom. The highest BCUT2D eigenvalue weighted by atomic mass is 19.4. The molecule has 3 aliphatic heterocycles. The van der Waals surface area contributed by atoms with Crippen molar-refractivity contribution < 1.29 is 32.2 Å². The number of ether oxygens (including phenoxy) is 3. The van der Waals surface area contributed by atoms with Gasteiger partial charge in [-0.15, -0.1) is 0 Å². The summed E-state index contributed by atoms with van der Waals surface area (Å²) < 4.78 is 57.3. The summed E-state index contributed by atoms with van der Waals surface area (Å²) in [5.41, 5.74) is 0.647. The molecule has 0 unspecified atom stereocenters. The van der Waals surface area contributed by atoms with Crippen LogP contribution in [-0.4, -0.2) is 70.2 Å². The Hall–Kier alpha value is -4.04. The van der Waals surface area contributed by atoms with E-state index < -0.39 is 23.6 Å². The Morgan fingerprint density at radius 2 is 2.05 bits per heavy atom. The third kappa shape index (κ3) is 5.68. The molecule has 0 saturated carbocycles. The summed E-state index contributed by atoms with van der Waals surface area (Å²) in [5.74, 6) is 0.0360. The number of fused-ring (bicyclic) bond motifs is 4. The van der Waals surface area contributed by atoms with E-state index in [9.17, 15) is 18.0 Å². The number of halogens is 3. The van der Waals surface area contributed by atoms with Crippen molar-refractivity contribution in [1.82, 2.24) is 19.9 Å². The summed E-state index contributed by atoms with van der Waals surface area (Å²) in [6.07, 6.45) is -1.72. The lowest BCUT2D eigenvalue weighted by Crippen LogP contribution is -2.56. The monoisotopic (exact) mass is 585 g/mol. The minimum Gasteiger partial charge on any atom is -0.475 e. The number of piperidine rings is 1. The minimum absolute atomic E-state index is 0.0325.